The average Bonchev–Trinajstić information content (AvgIpc) is 2.99. The van der Waals surface area contributed by atoms with E-state index >= 15 is 0 Å². The van der Waals surface area contributed by atoms with Crippen molar-refractivity contribution in [2.45, 2.75) is 192 Å². The molecular weight excluding hydrogens is 551 g/mol. The molecule has 0 bridgehead atoms. The molecule has 0 aromatic heterocycles. The van der Waals surface area contributed by atoms with Crippen molar-refractivity contribution in [3.63, 3.8) is 0 Å². The van der Waals surface area contributed by atoms with Crippen molar-refractivity contribution >= 4 is 11.8 Å². The van der Waals surface area contributed by atoms with E-state index in [0.717, 1.165) is 0 Å². The first kappa shape index (κ1) is 40.8. The topological polar surface area (TPSA) is 35.0 Å². The molecule has 0 fully saturated rings. The fourth-order valence-corrected chi connectivity index (χ4v) is 8.90. The van der Waals surface area contributed by atoms with Gasteiger partial charge in [0.2, 0.25) is 0 Å². The van der Waals surface area contributed by atoms with Gasteiger partial charge in [-0.1, -0.05) is 178 Å². The minimum Gasteiger partial charge on any atom is -0.344 e. The van der Waals surface area contributed by atoms with Gasteiger partial charge in [-0.3, -0.25) is 0 Å². The van der Waals surface area contributed by atoms with Crippen LogP contribution in [0.15, 0.2) is 48.5 Å². The van der Waals surface area contributed by atoms with E-state index < -0.39 is 0 Å². The van der Waals surface area contributed by atoms with E-state index in [1.165, 1.54) is 152 Å². The molecule has 3 N–H and O–H groups in total. The predicted octanol–water partition coefficient (Wildman–Crippen LogP) is 14.7. The minimum atomic E-state index is 0. The third kappa shape index (κ3) is 16.4. The first-order chi connectivity index (χ1) is 20.8. The van der Waals surface area contributed by atoms with E-state index in [1.54, 1.807) is 11.1 Å². The molecule has 2 aromatic rings. The van der Waals surface area contributed by atoms with Crippen LogP contribution in [-0.4, -0.2) is 0 Å². The Hall–Kier alpha value is -1.25. The molecule has 2 heteroatoms. The summed E-state index contributed by atoms with van der Waals surface area (Å²) in [5.41, 5.74) is 6.20. The zero-order chi connectivity index (χ0) is 31.2. The van der Waals surface area contributed by atoms with Gasteiger partial charge in [0.1, 0.15) is 0 Å². The first-order valence-electron chi connectivity index (χ1n) is 18.7. The molecule has 0 atom stereocenters. The van der Waals surface area contributed by atoms with Gasteiger partial charge in [0.15, 0.2) is 0 Å². The molecule has 44 heavy (non-hydrogen) atoms. The Balaban J connectivity index is 0.00000968. The van der Waals surface area contributed by atoms with Crippen molar-refractivity contribution in [3.05, 3.63) is 70.8 Å². The number of rotatable bonds is 26. The van der Waals surface area contributed by atoms with Crippen LogP contribution in [0, 0.1) is 0 Å². The second-order valence-electron chi connectivity index (χ2n) is 14.3. The summed E-state index contributed by atoms with van der Waals surface area (Å²) >= 11 is 2.16. The van der Waals surface area contributed by atoms with Crippen LogP contribution >= 0.6 is 11.8 Å². The summed E-state index contributed by atoms with van der Waals surface area (Å²) in [6.45, 7) is 14.4. The zero-order valence-electron chi connectivity index (χ0n) is 30.3. The van der Waals surface area contributed by atoms with E-state index in [0.29, 0.717) is 0 Å². The van der Waals surface area contributed by atoms with E-state index in [2.05, 4.69) is 102 Å². The first-order valence-corrected chi connectivity index (χ1v) is 19.5. The van der Waals surface area contributed by atoms with E-state index in [1.807, 2.05) is 0 Å². The van der Waals surface area contributed by atoms with Gasteiger partial charge in [0.05, 0.1) is 0 Å². The number of hydrogen-bond donors (Lipinski definition) is 1. The van der Waals surface area contributed by atoms with E-state index in [4.69, 9.17) is 0 Å². The Morgan fingerprint density at radius 2 is 0.682 bits per heavy atom. The molecule has 0 saturated heterocycles. The largest absolute Gasteiger partial charge is 0.344 e. The second kappa shape index (κ2) is 24.0. The maximum absolute atomic E-state index is 2.46. The molecule has 1 nitrogen and oxygen atoms in total. The van der Waals surface area contributed by atoms with Crippen LogP contribution in [0.3, 0.4) is 0 Å². The molecule has 0 unspecified atom stereocenters. The Morgan fingerprint density at radius 1 is 0.409 bits per heavy atom. The molecule has 252 valence electrons. The molecule has 0 aliphatic heterocycles. The summed E-state index contributed by atoms with van der Waals surface area (Å²) in [6.07, 6.45) is 30.4. The molecule has 0 aliphatic carbocycles. The Labute approximate surface area is 280 Å². The fourth-order valence-electron chi connectivity index (χ4n) is 7.00. The summed E-state index contributed by atoms with van der Waals surface area (Å²) < 4.78 is 0.117. The zero-order valence-corrected chi connectivity index (χ0v) is 31.1. The number of benzene rings is 2. The van der Waals surface area contributed by atoms with Crippen molar-refractivity contribution in [2.24, 2.45) is 0 Å². The summed E-state index contributed by atoms with van der Waals surface area (Å²) in [5, 5.41) is 0. The molecule has 0 heterocycles. The second-order valence-corrected chi connectivity index (χ2v) is 16.5. The van der Waals surface area contributed by atoms with Gasteiger partial charge in [0, 0.05) is 9.49 Å². The number of aryl methyl sites for hydroxylation is 2. The van der Waals surface area contributed by atoms with Crippen LogP contribution in [-0.2, 0) is 22.3 Å². The van der Waals surface area contributed by atoms with Gasteiger partial charge in [-0.25, -0.2) is 0 Å². The molecule has 0 aliphatic rings. The highest BCUT2D eigenvalue weighted by molar-refractivity contribution is 8.01. The van der Waals surface area contributed by atoms with Crippen molar-refractivity contribution < 1.29 is 0 Å². The molecule has 0 spiro atoms. The number of thioether (sulfide) groups is 1. The van der Waals surface area contributed by atoms with Crippen molar-refractivity contribution in [1.29, 1.82) is 0 Å². The maximum atomic E-state index is 2.46. The quantitative estimate of drug-likeness (QED) is 0.106. The van der Waals surface area contributed by atoms with Crippen LogP contribution in [0.5, 0.6) is 0 Å². The third-order valence-corrected chi connectivity index (χ3v) is 10.9. The molecule has 2 rings (SSSR count). The molecule has 0 radical (unpaired) electrons. The highest BCUT2D eigenvalue weighted by atomic mass is 32.2. The predicted molar refractivity (Wildman–Crippen MR) is 203 cm³/mol. The van der Waals surface area contributed by atoms with Crippen LogP contribution < -0.4 is 6.15 Å². The SMILES string of the molecule is CCCCCCCCCCCCc1ccccc1C(C)(C)SC(C)(C)c1ccccc1CCCCCCCCCCCC.N. The summed E-state index contributed by atoms with van der Waals surface area (Å²) in [7, 11) is 0. The minimum absolute atomic E-state index is 0. The lowest BCUT2D eigenvalue weighted by Crippen LogP contribution is -2.25. The number of unbranched alkanes of at least 4 members (excludes halogenated alkanes) is 18. The van der Waals surface area contributed by atoms with Gasteiger partial charge in [0.25, 0.3) is 0 Å². The Kier molecular flexibility index (Phi) is 22.2. The van der Waals surface area contributed by atoms with Crippen LogP contribution in [0.4, 0.5) is 0 Å². The van der Waals surface area contributed by atoms with Gasteiger partial charge < -0.3 is 6.15 Å². The summed E-state index contributed by atoms with van der Waals surface area (Å²) in [4.78, 5) is 0. The van der Waals surface area contributed by atoms with Crippen molar-refractivity contribution in [3.8, 4) is 0 Å². The molecular formula is C42H73NS. The lowest BCUT2D eigenvalue weighted by atomic mass is 9.92. The summed E-state index contributed by atoms with van der Waals surface area (Å²) in [5.74, 6) is 0. The van der Waals surface area contributed by atoms with Gasteiger partial charge in [-0.15, -0.1) is 11.8 Å². The Morgan fingerprint density at radius 3 is 1.00 bits per heavy atom. The molecule has 2 aromatic carbocycles. The van der Waals surface area contributed by atoms with Crippen LogP contribution in [0.25, 0.3) is 0 Å². The fraction of sp³-hybridized carbons (Fsp3) is 0.714. The smallest absolute Gasteiger partial charge is 0.0363 e. The molecule has 0 amide bonds. The molecule has 0 saturated carbocycles. The van der Waals surface area contributed by atoms with E-state index in [-0.39, 0.29) is 15.6 Å². The van der Waals surface area contributed by atoms with Crippen LogP contribution in [0.2, 0.25) is 0 Å². The highest BCUT2D eigenvalue weighted by Gasteiger charge is 2.34. The lowest BCUT2D eigenvalue weighted by molar-refractivity contribution is 0.555. The maximum Gasteiger partial charge on any atom is 0.0363 e. The van der Waals surface area contributed by atoms with Crippen LogP contribution in [0.1, 0.15) is 192 Å². The monoisotopic (exact) mass is 624 g/mol. The van der Waals surface area contributed by atoms with E-state index in [9.17, 15) is 0 Å². The standard InChI is InChI=1S/C42H70S.H3N/c1-7-9-11-13-15-17-19-21-23-25-31-37-33-27-29-35-39(37)41(3,4)43-42(5,6)40-36-30-28-34-38(40)32-26-24-22-20-18-16-14-12-10-8-2;/h27-30,33-36H,7-26,31-32H2,1-6H3;1H3. The summed E-state index contributed by atoms with van der Waals surface area (Å²) in [6, 6.07) is 18.6. The van der Waals surface area contributed by atoms with Crippen molar-refractivity contribution in [2.75, 3.05) is 0 Å². The third-order valence-electron chi connectivity index (χ3n) is 9.44. The average molecular weight is 624 g/mol. The van der Waals surface area contributed by atoms with Gasteiger partial charge >= 0.3 is 0 Å². The van der Waals surface area contributed by atoms with Crippen molar-refractivity contribution in [1.82, 2.24) is 6.15 Å². The Bertz CT molecular complexity index is 884. The van der Waals surface area contributed by atoms with Gasteiger partial charge in [-0.05, 0) is 75.6 Å². The highest BCUT2D eigenvalue weighted by Crippen LogP contribution is 2.50. The lowest BCUT2D eigenvalue weighted by Gasteiger charge is -2.37. The van der Waals surface area contributed by atoms with Gasteiger partial charge in [-0.2, -0.15) is 0 Å². The number of hydrogen-bond acceptors (Lipinski definition) is 2. The normalized spacial score (nSPS) is 12.0.